The Labute approximate surface area is 172 Å². The van der Waals surface area contributed by atoms with Crippen LogP contribution in [0.5, 0.6) is 0 Å². The second-order valence-corrected chi connectivity index (χ2v) is 7.58. The number of benzene rings is 1. The normalized spacial score (nSPS) is 13.9. The van der Waals surface area contributed by atoms with Gasteiger partial charge in [-0.2, -0.15) is 4.98 Å². The van der Waals surface area contributed by atoms with E-state index in [-0.39, 0.29) is 17.8 Å². The zero-order valence-corrected chi connectivity index (χ0v) is 17.6. The van der Waals surface area contributed by atoms with E-state index in [9.17, 15) is 9.59 Å². The molecule has 9 heteroatoms. The number of hydrogen-bond donors (Lipinski definition) is 0. The maximum Gasteiger partial charge on any atom is 0.332 e. The minimum Gasteiger partial charge on any atom is -0.380 e. The van der Waals surface area contributed by atoms with E-state index in [0.29, 0.717) is 41.9 Å². The molecule has 154 valence electrons. The van der Waals surface area contributed by atoms with E-state index in [1.165, 1.54) is 9.13 Å². The van der Waals surface area contributed by atoms with Gasteiger partial charge in [0.05, 0.1) is 13.2 Å². The van der Waals surface area contributed by atoms with Crippen molar-refractivity contribution < 1.29 is 4.74 Å². The highest BCUT2D eigenvalue weighted by atomic mass is 35.5. The lowest BCUT2D eigenvalue weighted by molar-refractivity contribution is 0.137. The van der Waals surface area contributed by atoms with Gasteiger partial charge in [-0.05, 0) is 38.0 Å². The average Bonchev–Trinajstić information content (AvgIpc) is 3.11. The summed E-state index contributed by atoms with van der Waals surface area (Å²) >= 11 is 6.33. The first-order valence-electron chi connectivity index (χ1n) is 9.75. The maximum atomic E-state index is 13.2. The van der Waals surface area contributed by atoms with Crippen molar-refractivity contribution in [3.63, 3.8) is 0 Å². The Morgan fingerprint density at radius 1 is 1.24 bits per heavy atom. The van der Waals surface area contributed by atoms with Gasteiger partial charge in [0.1, 0.15) is 0 Å². The van der Waals surface area contributed by atoms with Gasteiger partial charge in [-0.1, -0.05) is 17.7 Å². The van der Waals surface area contributed by atoms with Gasteiger partial charge in [0.25, 0.3) is 5.56 Å². The van der Waals surface area contributed by atoms with Crippen molar-refractivity contribution in [1.29, 1.82) is 0 Å². The highest BCUT2D eigenvalue weighted by molar-refractivity contribution is 6.31. The zero-order valence-electron chi connectivity index (χ0n) is 16.8. The molecule has 0 spiro atoms. The highest BCUT2D eigenvalue weighted by Crippen LogP contribution is 2.33. The molecule has 0 fully saturated rings. The van der Waals surface area contributed by atoms with E-state index in [0.717, 1.165) is 24.2 Å². The van der Waals surface area contributed by atoms with Crippen LogP contribution in [0.1, 0.15) is 18.9 Å². The molecule has 0 saturated carbocycles. The molecule has 0 bridgehead atoms. The lowest BCUT2D eigenvalue weighted by Crippen LogP contribution is -2.40. The number of ether oxygens (including phenoxy) is 1. The van der Waals surface area contributed by atoms with E-state index in [1.807, 2.05) is 41.5 Å². The minimum absolute atomic E-state index is 0.215. The number of aromatic nitrogens is 4. The molecule has 0 atom stereocenters. The molecular weight excluding hydrogens is 394 g/mol. The highest BCUT2D eigenvalue weighted by Gasteiger charge is 2.27. The van der Waals surface area contributed by atoms with Crippen LogP contribution < -0.4 is 16.1 Å². The lowest BCUT2D eigenvalue weighted by atomic mass is 10.2. The van der Waals surface area contributed by atoms with Crippen LogP contribution in [-0.4, -0.2) is 38.4 Å². The molecule has 4 rings (SSSR count). The van der Waals surface area contributed by atoms with Crippen molar-refractivity contribution in [3.05, 3.63) is 49.6 Å². The van der Waals surface area contributed by atoms with Gasteiger partial charge in [0.2, 0.25) is 5.95 Å². The largest absolute Gasteiger partial charge is 0.380 e. The molecule has 0 radical (unpaired) electrons. The third-order valence-electron chi connectivity index (χ3n) is 5.35. The molecule has 0 amide bonds. The van der Waals surface area contributed by atoms with Crippen LogP contribution in [0.25, 0.3) is 11.2 Å². The van der Waals surface area contributed by atoms with Gasteiger partial charge in [-0.15, -0.1) is 0 Å². The first kappa shape index (κ1) is 19.7. The molecule has 1 aromatic carbocycles. The summed E-state index contributed by atoms with van der Waals surface area (Å²) in [6.07, 6.45) is 0.852. The average molecular weight is 418 g/mol. The summed E-state index contributed by atoms with van der Waals surface area (Å²) in [5, 5.41) is 0.682. The number of halogens is 1. The van der Waals surface area contributed by atoms with Crippen molar-refractivity contribution in [3.8, 4) is 0 Å². The first-order chi connectivity index (χ1) is 13.9. The fourth-order valence-electron chi connectivity index (χ4n) is 3.76. The van der Waals surface area contributed by atoms with Crippen LogP contribution in [0.3, 0.4) is 0 Å². The Bertz CT molecular complexity index is 1190. The summed E-state index contributed by atoms with van der Waals surface area (Å²) < 4.78 is 9.92. The second-order valence-electron chi connectivity index (χ2n) is 7.17. The van der Waals surface area contributed by atoms with Crippen LogP contribution in [-0.2, 0) is 24.9 Å². The number of anilines is 2. The Hall–Kier alpha value is -2.58. The smallest absolute Gasteiger partial charge is 0.332 e. The topological polar surface area (TPSA) is 74.3 Å². The van der Waals surface area contributed by atoms with Gasteiger partial charge in [0.15, 0.2) is 11.2 Å². The molecule has 29 heavy (non-hydrogen) atoms. The molecule has 0 aliphatic carbocycles. The molecule has 8 nitrogen and oxygen atoms in total. The molecule has 2 aromatic heterocycles. The summed E-state index contributed by atoms with van der Waals surface area (Å²) in [4.78, 5) is 32.6. The number of aryl methyl sites for hydroxylation is 3. The van der Waals surface area contributed by atoms with Crippen LogP contribution in [0.15, 0.2) is 27.8 Å². The zero-order chi connectivity index (χ0) is 20.7. The number of imidazole rings is 1. The predicted molar refractivity (Wildman–Crippen MR) is 114 cm³/mol. The van der Waals surface area contributed by atoms with Crippen molar-refractivity contribution >= 4 is 34.4 Å². The van der Waals surface area contributed by atoms with Crippen LogP contribution in [0.4, 0.5) is 11.6 Å². The first-order valence-corrected chi connectivity index (χ1v) is 10.1. The quantitative estimate of drug-likeness (QED) is 0.596. The lowest BCUT2D eigenvalue weighted by Gasteiger charge is -2.29. The molecule has 1 aliphatic rings. The van der Waals surface area contributed by atoms with E-state index >= 15 is 0 Å². The fraction of sp³-hybridized carbons (Fsp3) is 0.450. The summed E-state index contributed by atoms with van der Waals surface area (Å²) in [5.74, 6) is 0.654. The fourth-order valence-corrected chi connectivity index (χ4v) is 3.93. The predicted octanol–water partition coefficient (Wildman–Crippen LogP) is 2.44. The SMILES string of the molecule is CCOCCn1c(=O)c2c(nc3n2CCCN3c2ccc(C)c(Cl)c2)n(C)c1=O. The molecule has 0 N–H and O–H groups in total. The van der Waals surface area contributed by atoms with E-state index in [4.69, 9.17) is 16.3 Å². The minimum atomic E-state index is -0.386. The summed E-state index contributed by atoms with van der Waals surface area (Å²) in [6.45, 7) is 6.32. The van der Waals surface area contributed by atoms with Crippen molar-refractivity contribution in [2.24, 2.45) is 7.05 Å². The Morgan fingerprint density at radius 3 is 2.76 bits per heavy atom. The second kappa shape index (κ2) is 7.68. The van der Waals surface area contributed by atoms with E-state index < -0.39 is 0 Å². The molecule has 1 aliphatic heterocycles. The Morgan fingerprint density at radius 2 is 2.03 bits per heavy atom. The standard InChI is InChI=1S/C20H24ClN5O3/c1-4-29-11-10-26-18(27)16-17(23(3)20(26)28)22-19-24(8-5-9-25(16)19)14-7-6-13(2)15(21)12-14/h6-7,12H,4-5,8-11H2,1-3H3. The Kier molecular flexibility index (Phi) is 5.23. The summed E-state index contributed by atoms with van der Waals surface area (Å²) in [5.41, 5.74) is 2.04. The van der Waals surface area contributed by atoms with Crippen molar-refractivity contribution in [2.75, 3.05) is 24.7 Å². The molecule has 3 aromatic rings. The van der Waals surface area contributed by atoms with E-state index in [1.54, 1.807) is 7.05 Å². The maximum absolute atomic E-state index is 13.2. The van der Waals surface area contributed by atoms with Crippen molar-refractivity contribution in [1.82, 2.24) is 18.7 Å². The van der Waals surface area contributed by atoms with Crippen LogP contribution in [0.2, 0.25) is 5.02 Å². The van der Waals surface area contributed by atoms with Gasteiger partial charge < -0.3 is 14.2 Å². The van der Waals surface area contributed by atoms with Gasteiger partial charge in [-0.3, -0.25) is 13.9 Å². The molecule has 0 saturated heterocycles. The molecule has 0 unspecified atom stereocenters. The monoisotopic (exact) mass is 417 g/mol. The molecular formula is C20H24ClN5O3. The number of nitrogens with zero attached hydrogens (tertiary/aromatic N) is 5. The number of hydrogen-bond acceptors (Lipinski definition) is 5. The molecule has 3 heterocycles. The van der Waals surface area contributed by atoms with E-state index in [2.05, 4.69) is 4.98 Å². The van der Waals surface area contributed by atoms with Gasteiger partial charge in [0, 0.05) is 37.5 Å². The van der Waals surface area contributed by atoms with Crippen LogP contribution >= 0.6 is 11.6 Å². The number of rotatable bonds is 5. The third kappa shape index (κ3) is 3.26. The van der Waals surface area contributed by atoms with Gasteiger partial charge in [-0.25, -0.2) is 4.79 Å². The third-order valence-corrected chi connectivity index (χ3v) is 5.75. The van der Waals surface area contributed by atoms with Gasteiger partial charge >= 0.3 is 5.69 Å². The number of fused-ring (bicyclic) bond motifs is 3. The Balaban J connectivity index is 1.89. The van der Waals surface area contributed by atoms with Crippen LogP contribution in [0, 0.1) is 6.92 Å². The van der Waals surface area contributed by atoms with Crippen molar-refractivity contribution in [2.45, 2.75) is 33.4 Å². The summed E-state index contributed by atoms with van der Waals surface area (Å²) in [7, 11) is 1.65. The summed E-state index contributed by atoms with van der Waals surface area (Å²) in [6, 6.07) is 5.87.